The zero-order chi connectivity index (χ0) is 11.8. The molecule has 3 heteroatoms. The first kappa shape index (κ1) is 13.2. The molecule has 0 aliphatic rings. The van der Waals surface area contributed by atoms with Crippen molar-refractivity contribution in [3.05, 3.63) is 24.3 Å². The van der Waals surface area contributed by atoms with Gasteiger partial charge in [0.05, 0.1) is 0 Å². The van der Waals surface area contributed by atoms with Crippen LogP contribution in [0.4, 0.5) is 11.4 Å². The summed E-state index contributed by atoms with van der Waals surface area (Å²) in [6.07, 6.45) is 1.17. The molecule has 0 heterocycles. The van der Waals surface area contributed by atoms with E-state index in [0.717, 1.165) is 18.8 Å². The zero-order valence-electron chi connectivity index (χ0n) is 10.3. The van der Waals surface area contributed by atoms with Gasteiger partial charge in [0, 0.05) is 30.2 Å². The highest BCUT2D eigenvalue weighted by molar-refractivity contribution is 7.99. The van der Waals surface area contributed by atoms with Gasteiger partial charge in [-0.15, -0.1) is 0 Å². The second-order valence-corrected chi connectivity index (χ2v) is 5.17. The van der Waals surface area contributed by atoms with Crippen molar-refractivity contribution in [2.45, 2.75) is 20.3 Å². The van der Waals surface area contributed by atoms with E-state index in [2.05, 4.69) is 30.9 Å². The predicted octanol–water partition coefficient (Wildman–Crippen LogP) is 3.24. The molecule has 0 bridgehead atoms. The Kier molecular flexibility index (Phi) is 6.16. The van der Waals surface area contributed by atoms with Crippen LogP contribution in [0.2, 0.25) is 0 Å². The lowest BCUT2D eigenvalue weighted by Crippen LogP contribution is -2.26. The molecular formula is C13H22N2S. The fourth-order valence-electron chi connectivity index (χ4n) is 1.68. The molecule has 0 radical (unpaired) electrons. The summed E-state index contributed by atoms with van der Waals surface area (Å²) >= 11 is 1.99. The van der Waals surface area contributed by atoms with Gasteiger partial charge >= 0.3 is 0 Å². The molecule has 0 aliphatic heterocycles. The van der Waals surface area contributed by atoms with E-state index >= 15 is 0 Å². The molecule has 1 aromatic carbocycles. The summed E-state index contributed by atoms with van der Waals surface area (Å²) in [6, 6.07) is 8.17. The molecule has 90 valence electrons. The molecule has 2 nitrogen and oxygen atoms in total. The van der Waals surface area contributed by atoms with Gasteiger partial charge < -0.3 is 10.6 Å². The third kappa shape index (κ3) is 4.35. The Morgan fingerprint density at radius 1 is 1.25 bits per heavy atom. The van der Waals surface area contributed by atoms with E-state index in [1.807, 2.05) is 23.9 Å². The van der Waals surface area contributed by atoms with Gasteiger partial charge in [-0.2, -0.15) is 11.8 Å². The zero-order valence-corrected chi connectivity index (χ0v) is 11.1. The molecule has 2 N–H and O–H groups in total. The van der Waals surface area contributed by atoms with E-state index in [-0.39, 0.29) is 0 Å². The van der Waals surface area contributed by atoms with Gasteiger partial charge in [0.2, 0.25) is 0 Å². The second-order valence-electron chi connectivity index (χ2n) is 3.78. The third-order valence-corrected chi connectivity index (χ3v) is 3.32. The van der Waals surface area contributed by atoms with Crippen LogP contribution in [0.15, 0.2) is 24.3 Å². The van der Waals surface area contributed by atoms with Gasteiger partial charge in [0.25, 0.3) is 0 Å². The fraction of sp³-hybridized carbons (Fsp3) is 0.538. The van der Waals surface area contributed by atoms with Crippen molar-refractivity contribution < 1.29 is 0 Å². The Balaban J connectivity index is 2.61. The third-order valence-electron chi connectivity index (χ3n) is 2.44. The summed E-state index contributed by atoms with van der Waals surface area (Å²) in [6.45, 7) is 6.63. The number of anilines is 2. The highest BCUT2D eigenvalue weighted by Crippen LogP contribution is 2.18. The Morgan fingerprint density at radius 2 is 2.06 bits per heavy atom. The quantitative estimate of drug-likeness (QED) is 0.584. The van der Waals surface area contributed by atoms with Gasteiger partial charge in [0.1, 0.15) is 0 Å². The average Bonchev–Trinajstić information content (AvgIpc) is 2.28. The fourth-order valence-corrected chi connectivity index (χ4v) is 2.32. The second kappa shape index (κ2) is 7.44. The first-order chi connectivity index (χ1) is 7.77. The Morgan fingerprint density at radius 3 is 2.69 bits per heavy atom. The summed E-state index contributed by atoms with van der Waals surface area (Å²) in [4.78, 5) is 2.42. The van der Waals surface area contributed by atoms with Crippen molar-refractivity contribution in [2.75, 3.05) is 35.2 Å². The van der Waals surface area contributed by atoms with E-state index in [9.17, 15) is 0 Å². The Hall–Kier alpha value is -0.830. The number of nitrogens with two attached hydrogens (primary N) is 1. The number of thioether (sulfide) groups is 1. The van der Waals surface area contributed by atoms with E-state index in [0.29, 0.717) is 0 Å². The van der Waals surface area contributed by atoms with Gasteiger partial charge in [-0.05, 0) is 30.4 Å². The van der Waals surface area contributed by atoms with E-state index in [1.54, 1.807) is 0 Å². The molecule has 0 amide bonds. The van der Waals surface area contributed by atoms with Crippen molar-refractivity contribution in [1.82, 2.24) is 0 Å². The molecule has 1 rings (SSSR count). The molecule has 0 saturated carbocycles. The lowest BCUT2D eigenvalue weighted by Gasteiger charge is -2.24. The number of rotatable bonds is 7. The molecule has 0 saturated heterocycles. The number of nitrogen functional groups attached to an aromatic ring is 1. The number of nitrogens with zero attached hydrogens (tertiary/aromatic N) is 1. The van der Waals surface area contributed by atoms with Crippen LogP contribution in [0, 0.1) is 0 Å². The monoisotopic (exact) mass is 238 g/mol. The first-order valence-corrected chi connectivity index (χ1v) is 7.11. The normalized spacial score (nSPS) is 10.4. The van der Waals surface area contributed by atoms with Crippen molar-refractivity contribution in [1.29, 1.82) is 0 Å². The molecule has 1 aromatic rings. The van der Waals surface area contributed by atoms with E-state index < -0.39 is 0 Å². The molecule has 0 unspecified atom stereocenters. The van der Waals surface area contributed by atoms with Crippen LogP contribution in [-0.4, -0.2) is 24.6 Å². The van der Waals surface area contributed by atoms with Gasteiger partial charge in [0.15, 0.2) is 0 Å². The summed E-state index contributed by atoms with van der Waals surface area (Å²) in [5.74, 6) is 2.38. The molecule has 0 aliphatic carbocycles. The minimum atomic E-state index is 0.849. The topological polar surface area (TPSA) is 29.3 Å². The maximum absolute atomic E-state index is 5.82. The maximum atomic E-state index is 5.82. The van der Waals surface area contributed by atoms with Crippen molar-refractivity contribution in [3.63, 3.8) is 0 Å². The predicted molar refractivity (Wildman–Crippen MR) is 76.4 cm³/mol. The minimum Gasteiger partial charge on any atom is -0.399 e. The summed E-state index contributed by atoms with van der Waals surface area (Å²) in [7, 11) is 0. The molecule has 16 heavy (non-hydrogen) atoms. The Bertz CT molecular complexity index is 302. The summed E-state index contributed by atoms with van der Waals surface area (Å²) < 4.78 is 0. The van der Waals surface area contributed by atoms with Gasteiger partial charge in [-0.3, -0.25) is 0 Å². The van der Waals surface area contributed by atoms with Crippen LogP contribution in [0.3, 0.4) is 0 Å². The molecule has 0 atom stereocenters. The van der Waals surface area contributed by atoms with Crippen molar-refractivity contribution in [3.8, 4) is 0 Å². The summed E-state index contributed by atoms with van der Waals surface area (Å²) in [5, 5.41) is 0. The van der Waals surface area contributed by atoms with Crippen LogP contribution in [0.25, 0.3) is 0 Å². The summed E-state index contributed by atoms with van der Waals surface area (Å²) in [5.41, 5.74) is 7.91. The van der Waals surface area contributed by atoms with Crippen LogP contribution >= 0.6 is 11.8 Å². The molecule has 0 spiro atoms. The number of hydrogen-bond donors (Lipinski definition) is 1. The van der Waals surface area contributed by atoms with Crippen molar-refractivity contribution >= 4 is 23.1 Å². The van der Waals surface area contributed by atoms with Crippen LogP contribution < -0.4 is 10.6 Å². The maximum Gasteiger partial charge on any atom is 0.0387 e. The van der Waals surface area contributed by atoms with Crippen LogP contribution in [-0.2, 0) is 0 Å². The van der Waals surface area contributed by atoms with Crippen molar-refractivity contribution in [2.24, 2.45) is 0 Å². The SMILES string of the molecule is CCCN(CCSCC)c1cccc(N)c1. The van der Waals surface area contributed by atoms with Gasteiger partial charge in [-0.1, -0.05) is 19.9 Å². The largest absolute Gasteiger partial charge is 0.399 e. The lowest BCUT2D eigenvalue weighted by atomic mass is 10.2. The highest BCUT2D eigenvalue weighted by Gasteiger charge is 2.04. The van der Waals surface area contributed by atoms with Crippen LogP contribution in [0.1, 0.15) is 20.3 Å². The minimum absolute atomic E-state index is 0.849. The van der Waals surface area contributed by atoms with E-state index in [1.165, 1.54) is 23.6 Å². The number of hydrogen-bond acceptors (Lipinski definition) is 3. The number of benzene rings is 1. The lowest BCUT2D eigenvalue weighted by molar-refractivity contribution is 0.796. The Labute approximate surface area is 103 Å². The standard InChI is InChI=1S/C13H22N2S/c1-3-8-15(9-10-16-4-2)13-7-5-6-12(14)11-13/h5-7,11H,3-4,8-10,14H2,1-2H3. The average molecular weight is 238 g/mol. The van der Waals surface area contributed by atoms with Crippen LogP contribution in [0.5, 0.6) is 0 Å². The first-order valence-electron chi connectivity index (χ1n) is 5.96. The van der Waals surface area contributed by atoms with E-state index in [4.69, 9.17) is 5.73 Å². The smallest absolute Gasteiger partial charge is 0.0387 e. The molecule has 0 aromatic heterocycles. The molecule has 0 fully saturated rings. The highest BCUT2D eigenvalue weighted by atomic mass is 32.2. The molecular weight excluding hydrogens is 216 g/mol. The van der Waals surface area contributed by atoms with Gasteiger partial charge in [-0.25, -0.2) is 0 Å².